The third-order valence-corrected chi connectivity index (χ3v) is 5.09. The summed E-state index contributed by atoms with van der Waals surface area (Å²) in [5, 5.41) is 16.4. The molecular formula is C19H20ClN3O. The van der Waals surface area contributed by atoms with Crippen LogP contribution in [0.15, 0.2) is 42.7 Å². The molecule has 0 bridgehead atoms. The molecule has 0 saturated carbocycles. The maximum absolute atomic E-state index is 11.1. The van der Waals surface area contributed by atoms with Gasteiger partial charge in [0.1, 0.15) is 5.60 Å². The zero-order valence-corrected chi connectivity index (χ0v) is 14.3. The van der Waals surface area contributed by atoms with Crippen LogP contribution in [0.1, 0.15) is 23.7 Å². The Morgan fingerprint density at radius 2 is 2.08 bits per heavy atom. The Morgan fingerprint density at radius 3 is 2.88 bits per heavy atom. The van der Waals surface area contributed by atoms with Crippen molar-refractivity contribution in [3.63, 3.8) is 0 Å². The predicted octanol–water partition coefficient (Wildman–Crippen LogP) is 3.24. The van der Waals surface area contributed by atoms with Crippen molar-refractivity contribution < 1.29 is 5.11 Å². The van der Waals surface area contributed by atoms with E-state index in [-0.39, 0.29) is 0 Å². The van der Waals surface area contributed by atoms with Gasteiger partial charge in [-0.15, -0.1) is 0 Å². The SMILES string of the molecule is CC(O)(Cn1c2c(c3cc(Cl)ccc31)CNCC2)c1ccncc1. The van der Waals surface area contributed by atoms with Gasteiger partial charge in [-0.3, -0.25) is 4.98 Å². The van der Waals surface area contributed by atoms with Crippen LogP contribution in [0.4, 0.5) is 0 Å². The predicted molar refractivity (Wildman–Crippen MR) is 96.2 cm³/mol. The number of hydrogen-bond acceptors (Lipinski definition) is 3. The fourth-order valence-corrected chi connectivity index (χ4v) is 3.82. The van der Waals surface area contributed by atoms with Crippen LogP contribution < -0.4 is 5.32 Å². The molecule has 0 radical (unpaired) electrons. The first kappa shape index (κ1) is 15.6. The molecule has 0 spiro atoms. The molecule has 4 nitrogen and oxygen atoms in total. The molecule has 1 unspecified atom stereocenters. The molecular weight excluding hydrogens is 322 g/mol. The Labute approximate surface area is 146 Å². The number of fused-ring (bicyclic) bond motifs is 3. The van der Waals surface area contributed by atoms with Crippen LogP contribution in [0.5, 0.6) is 0 Å². The quantitative estimate of drug-likeness (QED) is 0.769. The van der Waals surface area contributed by atoms with Crippen molar-refractivity contribution in [1.29, 1.82) is 0 Å². The van der Waals surface area contributed by atoms with Gasteiger partial charge >= 0.3 is 0 Å². The Hall–Kier alpha value is -1.88. The highest BCUT2D eigenvalue weighted by Gasteiger charge is 2.28. The van der Waals surface area contributed by atoms with Crippen molar-refractivity contribution in [1.82, 2.24) is 14.9 Å². The summed E-state index contributed by atoms with van der Waals surface area (Å²) in [5.74, 6) is 0. The summed E-state index contributed by atoms with van der Waals surface area (Å²) in [6.45, 7) is 4.16. The summed E-state index contributed by atoms with van der Waals surface area (Å²) in [4.78, 5) is 4.04. The molecule has 1 atom stereocenters. The molecule has 2 N–H and O–H groups in total. The van der Waals surface area contributed by atoms with Crippen LogP contribution in [0.3, 0.4) is 0 Å². The smallest absolute Gasteiger partial charge is 0.105 e. The first-order valence-corrected chi connectivity index (χ1v) is 8.57. The second-order valence-corrected chi connectivity index (χ2v) is 7.05. The van der Waals surface area contributed by atoms with Crippen molar-refractivity contribution in [3.8, 4) is 0 Å². The summed E-state index contributed by atoms with van der Waals surface area (Å²) >= 11 is 6.21. The van der Waals surface area contributed by atoms with Crippen LogP contribution in [0, 0.1) is 0 Å². The normalized spacial score (nSPS) is 16.8. The molecule has 0 amide bonds. The number of halogens is 1. The lowest BCUT2D eigenvalue weighted by Crippen LogP contribution is -2.31. The highest BCUT2D eigenvalue weighted by atomic mass is 35.5. The fourth-order valence-electron chi connectivity index (χ4n) is 3.64. The van der Waals surface area contributed by atoms with Gasteiger partial charge in [0.15, 0.2) is 0 Å². The van der Waals surface area contributed by atoms with E-state index in [0.29, 0.717) is 6.54 Å². The number of nitrogens with one attached hydrogen (secondary N) is 1. The summed E-state index contributed by atoms with van der Waals surface area (Å²) in [7, 11) is 0. The van der Waals surface area contributed by atoms with Crippen LogP contribution in [0.25, 0.3) is 10.9 Å². The van der Waals surface area contributed by atoms with E-state index >= 15 is 0 Å². The summed E-state index contributed by atoms with van der Waals surface area (Å²) in [6, 6.07) is 9.74. The number of nitrogens with zero attached hydrogens (tertiary/aromatic N) is 2. The van der Waals surface area contributed by atoms with Crippen LogP contribution in [0.2, 0.25) is 5.02 Å². The zero-order valence-electron chi connectivity index (χ0n) is 13.6. The van der Waals surface area contributed by atoms with Crippen molar-refractivity contribution in [2.45, 2.75) is 32.0 Å². The highest BCUT2D eigenvalue weighted by Crippen LogP contribution is 2.33. The lowest BCUT2D eigenvalue weighted by Gasteiger charge is -2.27. The van der Waals surface area contributed by atoms with Gasteiger partial charge in [0.2, 0.25) is 0 Å². The zero-order chi connectivity index (χ0) is 16.7. The molecule has 1 aliphatic heterocycles. The average molecular weight is 342 g/mol. The van der Waals surface area contributed by atoms with Gasteiger partial charge in [-0.2, -0.15) is 0 Å². The minimum Gasteiger partial charge on any atom is -0.384 e. The summed E-state index contributed by atoms with van der Waals surface area (Å²) in [6.07, 6.45) is 4.39. The first-order valence-electron chi connectivity index (χ1n) is 8.19. The molecule has 0 saturated heterocycles. The molecule has 4 rings (SSSR count). The van der Waals surface area contributed by atoms with E-state index in [1.807, 2.05) is 31.2 Å². The van der Waals surface area contributed by atoms with Gasteiger partial charge < -0.3 is 15.0 Å². The van der Waals surface area contributed by atoms with Gasteiger partial charge in [-0.1, -0.05) is 11.6 Å². The van der Waals surface area contributed by atoms with Gasteiger partial charge in [0, 0.05) is 53.5 Å². The standard InChI is InChI=1S/C19H20ClN3O/c1-19(24,13-4-7-21-8-5-13)12-23-17-3-2-14(20)10-15(17)16-11-22-9-6-18(16)23/h2-5,7-8,10,22,24H,6,9,11-12H2,1H3. The van der Waals surface area contributed by atoms with E-state index < -0.39 is 5.60 Å². The number of hydrogen-bond donors (Lipinski definition) is 2. The number of aliphatic hydroxyl groups is 1. The monoisotopic (exact) mass is 341 g/mol. The van der Waals surface area contributed by atoms with E-state index in [9.17, 15) is 5.11 Å². The van der Waals surface area contributed by atoms with E-state index in [1.54, 1.807) is 12.4 Å². The van der Waals surface area contributed by atoms with Gasteiger partial charge in [0.25, 0.3) is 0 Å². The minimum atomic E-state index is -0.965. The minimum absolute atomic E-state index is 0.504. The van der Waals surface area contributed by atoms with Crippen molar-refractivity contribution in [3.05, 3.63) is 64.6 Å². The molecule has 0 fully saturated rings. The lowest BCUT2D eigenvalue weighted by atomic mass is 9.97. The van der Waals surface area contributed by atoms with Crippen LogP contribution in [-0.2, 0) is 25.1 Å². The van der Waals surface area contributed by atoms with Crippen molar-refractivity contribution >= 4 is 22.5 Å². The van der Waals surface area contributed by atoms with Crippen LogP contribution >= 0.6 is 11.6 Å². The third-order valence-electron chi connectivity index (χ3n) is 4.86. The first-order chi connectivity index (χ1) is 11.6. The largest absolute Gasteiger partial charge is 0.384 e. The molecule has 24 heavy (non-hydrogen) atoms. The van der Waals surface area contributed by atoms with Gasteiger partial charge in [-0.25, -0.2) is 0 Å². The molecule has 1 aliphatic rings. The molecule has 1 aromatic carbocycles. The van der Waals surface area contributed by atoms with Gasteiger partial charge in [0.05, 0.1) is 6.54 Å². The Morgan fingerprint density at radius 1 is 1.29 bits per heavy atom. The maximum atomic E-state index is 11.1. The Kier molecular flexibility index (Phi) is 3.83. The second-order valence-electron chi connectivity index (χ2n) is 6.61. The number of benzene rings is 1. The number of aromatic nitrogens is 2. The van der Waals surface area contributed by atoms with E-state index in [2.05, 4.69) is 20.9 Å². The third kappa shape index (κ3) is 2.61. The fraction of sp³-hybridized carbons (Fsp3) is 0.316. The highest BCUT2D eigenvalue weighted by molar-refractivity contribution is 6.31. The number of rotatable bonds is 3. The van der Waals surface area contributed by atoms with Crippen LogP contribution in [-0.4, -0.2) is 21.2 Å². The average Bonchev–Trinajstić information content (AvgIpc) is 2.89. The van der Waals surface area contributed by atoms with Gasteiger partial charge in [-0.05, 0) is 48.4 Å². The Bertz CT molecular complexity index is 887. The molecule has 0 aliphatic carbocycles. The van der Waals surface area contributed by atoms with E-state index in [4.69, 9.17) is 11.6 Å². The second kappa shape index (κ2) is 5.88. The van der Waals surface area contributed by atoms with Crippen molar-refractivity contribution in [2.75, 3.05) is 6.54 Å². The molecule has 3 heterocycles. The molecule has 3 aromatic rings. The maximum Gasteiger partial charge on any atom is 0.105 e. The molecule has 124 valence electrons. The van der Waals surface area contributed by atoms with E-state index in [0.717, 1.165) is 35.6 Å². The molecule has 2 aromatic heterocycles. The Balaban J connectivity index is 1.85. The molecule has 5 heteroatoms. The topological polar surface area (TPSA) is 50.1 Å². The summed E-state index contributed by atoms with van der Waals surface area (Å²) in [5.41, 5.74) is 3.62. The van der Waals surface area contributed by atoms with E-state index in [1.165, 1.54) is 16.6 Å². The number of pyridine rings is 1. The van der Waals surface area contributed by atoms with Crippen molar-refractivity contribution in [2.24, 2.45) is 0 Å². The lowest BCUT2D eigenvalue weighted by molar-refractivity contribution is 0.0386. The summed E-state index contributed by atoms with van der Waals surface area (Å²) < 4.78 is 2.25.